The molecule has 0 fully saturated rings. The lowest BCUT2D eigenvalue weighted by atomic mass is 10.0. The number of anilines is 3. The van der Waals surface area contributed by atoms with Crippen molar-refractivity contribution in [2.24, 2.45) is 0 Å². The summed E-state index contributed by atoms with van der Waals surface area (Å²) in [5.41, 5.74) is 9.63. The molecule has 0 aliphatic carbocycles. The lowest BCUT2D eigenvalue weighted by molar-refractivity contribution is 0.669. The highest BCUT2D eigenvalue weighted by Gasteiger charge is 2.20. The molecule has 3 heteroatoms. The molecular weight excluding hydrogens is 512 g/mol. The molecule has 0 aliphatic heterocycles. The van der Waals surface area contributed by atoms with Crippen LogP contribution in [-0.4, -0.2) is 4.98 Å². The second kappa shape index (κ2) is 10.1. The van der Waals surface area contributed by atoms with E-state index in [1.165, 1.54) is 22.3 Å². The Labute approximate surface area is 243 Å². The van der Waals surface area contributed by atoms with Crippen LogP contribution < -0.4 is 4.90 Å². The summed E-state index contributed by atoms with van der Waals surface area (Å²) in [4.78, 5) is 6.67. The van der Waals surface area contributed by atoms with E-state index in [2.05, 4.69) is 155 Å². The van der Waals surface area contributed by atoms with Crippen LogP contribution >= 0.6 is 0 Å². The Balaban J connectivity index is 1.40. The number of benzene rings is 6. The van der Waals surface area contributed by atoms with Gasteiger partial charge in [0.1, 0.15) is 11.2 Å². The maximum atomic E-state index is 6.45. The predicted octanol–water partition coefficient (Wildman–Crippen LogP) is 10.9. The van der Waals surface area contributed by atoms with Crippen LogP contribution in [0.2, 0.25) is 0 Å². The summed E-state index contributed by atoms with van der Waals surface area (Å²) in [6, 6.07) is 51.3. The predicted molar refractivity (Wildman–Crippen MR) is 175 cm³/mol. The Morgan fingerprint density at radius 1 is 0.476 bits per heavy atom. The lowest BCUT2D eigenvalue weighted by Crippen LogP contribution is -2.10. The lowest BCUT2D eigenvalue weighted by Gasteiger charge is -2.27. The summed E-state index contributed by atoms with van der Waals surface area (Å²) < 4.78 is 6.45. The van der Waals surface area contributed by atoms with Crippen LogP contribution in [0, 0.1) is 0 Å². The Morgan fingerprint density at radius 2 is 1.10 bits per heavy atom. The van der Waals surface area contributed by atoms with Crippen molar-refractivity contribution in [1.29, 1.82) is 0 Å². The molecule has 2 heterocycles. The highest BCUT2D eigenvalue weighted by Crippen LogP contribution is 2.44. The zero-order valence-electron chi connectivity index (χ0n) is 22.8. The molecule has 0 aliphatic rings. The SMILES string of the molecule is c1ccc(-c2cccc(N(c3cccc(-c4ccccc4)c3)c3cccc4oc5cc6cnccc6cc5c34)c2)cc1. The Bertz CT molecular complexity index is 2120. The quantitative estimate of drug-likeness (QED) is 0.218. The van der Waals surface area contributed by atoms with Gasteiger partial charge >= 0.3 is 0 Å². The topological polar surface area (TPSA) is 29.3 Å². The number of hydrogen-bond donors (Lipinski definition) is 0. The third-order valence-electron chi connectivity index (χ3n) is 7.90. The number of hydrogen-bond acceptors (Lipinski definition) is 3. The van der Waals surface area contributed by atoms with E-state index in [9.17, 15) is 0 Å². The summed E-state index contributed by atoms with van der Waals surface area (Å²) in [6.07, 6.45) is 3.73. The number of pyridine rings is 1. The third kappa shape index (κ3) is 4.20. The molecule has 0 unspecified atom stereocenters. The molecule has 2 aromatic heterocycles. The molecule has 3 nitrogen and oxygen atoms in total. The summed E-state index contributed by atoms with van der Waals surface area (Å²) >= 11 is 0. The number of aromatic nitrogens is 1. The smallest absolute Gasteiger partial charge is 0.137 e. The normalized spacial score (nSPS) is 11.3. The van der Waals surface area contributed by atoms with E-state index in [0.29, 0.717) is 0 Å². The fourth-order valence-corrected chi connectivity index (χ4v) is 5.91. The van der Waals surface area contributed by atoms with Crippen molar-refractivity contribution in [1.82, 2.24) is 4.98 Å². The van der Waals surface area contributed by atoms with Gasteiger partial charge in [-0.1, -0.05) is 91.0 Å². The van der Waals surface area contributed by atoms with Gasteiger partial charge in [-0.05, 0) is 82.2 Å². The largest absolute Gasteiger partial charge is 0.456 e. The van der Waals surface area contributed by atoms with Crippen molar-refractivity contribution < 1.29 is 4.42 Å². The summed E-state index contributed by atoms with van der Waals surface area (Å²) in [5.74, 6) is 0. The molecule has 42 heavy (non-hydrogen) atoms. The van der Waals surface area contributed by atoms with Crippen LogP contribution in [0.5, 0.6) is 0 Å². The van der Waals surface area contributed by atoms with Crippen LogP contribution in [0.4, 0.5) is 17.1 Å². The van der Waals surface area contributed by atoms with Crippen LogP contribution in [0.15, 0.2) is 162 Å². The van der Waals surface area contributed by atoms with E-state index in [-0.39, 0.29) is 0 Å². The summed E-state index contributed by atoms with van der Waals surface area (Å²) in [6.45, 7) is 0. The van der Waals surface area contributed by atoms with E-state index in [0.717, 1.165) is 49.8 Å². The van der Waals surface area contributed by atoms with E-state index >= 15 is 0 Å². The second-order valence-electron chi connectivity index (χ2n) is 10.5. The highest BCUT2D eigenvalue weighted by molar-refractivity contribution is 6.16. The first kappa shape index (κ1) is 24.2. The van der Waals surface area contributed by atoms with Gasteiger partial charge in [0.15, 0.2) is 0 Å². The molecule has 8 rings (SSSR count). The molecule has 0 saturated carbocycles. The number of furan rings is 1. The number of nitrogens with zero attached hydrogens (tertiary/aromatic N) is 2. The van der Waals surface area contributed by atoms with Crippen molar-refractivity contribution >= 4 is 49.8 Å². The molecule has 198 valence electrons. The first-order chi connectivity index (χ1) is 20.8. The molecular formula is C39H26N2O. The van der Waals surface area contributed by atoms with Crippen LogP contribution in [0.1, 0.15) is 0 Å². The standard InChI is InChI=1S/C39H26N2O/c1-3-10-27(11-4-1)29-14-7-16-33(22-29)41(34-17-8-15-30(23-34)28-12-5-2-6-13-28)36-18-9-19-37-39(36)35-24-31-20-21-40-26-32(31)25-38(35)42-37/h1-26H. The minimum Gasteiger partial charge on any atom is -0.456 e. The van der Waals surface area contributed by atoms with Crippen LogP contribution in [0.25, 0.3) is 55.0 Å². The minimum absolute atomic E-state index is 0.856. The molecule has 8 aromatic rings. The molecule has 6 aromatic carbocycles. The van der Waals surface area contributed by atoms with E-state index < -0.39 is 0 Å². The zero-order valence-corrected chi connectivity index (χ0v) is 22.8. The van der Waals surface area contributed by atoms with Gasteiger partial charge in [0.2, 0.25) is 0 Å². The molecule has 0 bridgehead atoms. The first-order valence-electron chi connectivity index (χ1n) is 14.1. The first-order valence-corrected chi connectivity index (χ1v) is 14.1. The van der Waals surface area contributed by atoms with E-state index in [4.69, 9.17) is 4.42 Å². The van der Waals surface area contributed by atoms with Gasteiger partial charge in [-0.15, -0.1) is 0 Å². The van der Waals surface area contributed by atoms with Gasteiger partial charge in [0.25, 0.3) is 0 Å². The maximum Gasteiger partial charge on any atom is 0.137 e. The highest BCUT2D eigenvalue weighted by atomic mass is 16.3. The van der Waals surface area contributed by atoms with Gasteiger partial charge in [0, 0.05) is 34.5 Å². The molecule has 0 radical (unpaired) electrons. The zero-order chi connectivity index (χ0) is 27.9. The Kier molecular flexibility index (Phi) is 5.79. The van der Waals surface area contributed by atoms with Gasteiger partial charge in [-0.3, -0.25) is 4.98 Å². The molecule has 0 saturated heterocycles. The van der Waals surface area contributed by atoms with E-state index in [1.807, 2.05) is 12.4 Å². The Hall–Kier alpha value is -5.67. The van der Waals surface area contributed by atoms with Gasteiger partial charge in [0.05, 0.1) is 11.1 Å². The summed E-state index contributed by atoms with van der Waals surface area (Å²) in [7, 11) is 0. The maximum absolute atomic E-state index is 6.45. The van der Waals surface area contributed by atoms with Crippen molar-refractivity contribution in [3.05, 3.63) is 158 Å². The fraction of sp³-hybridized carbons (Fsp3) is 0. The van der Waals surface area contributed by atoms with Gasteiger partial charge < -0.3 is 9.32 Å². The van der Waals surface area contributed by atoms with Crippen LogP contribution in [-0.2, 0) is 0 Å². The van der Waals surface area contributed by atoms with Crippen molar-refractivity contribution in [3.63, 3.8) is 0 Å². The van der Waals surface area contributed by atoms with Gasteiger partial charge in [-0.25, -0.2) is 0 Å². The molecule has 0 N–H and O–H groups in total. The second-order valence-corrected chi connectivity index (χ2v) is 10.5. The number of fused-ring (bicyclic) bond motifs is 4. The average Bonchev–Trinajstić information content (AvgIpc) is 3.43. The third-order valence-corrected chi connectivity index (χ3v) is 7.90. The minimum atomic E-state index is 0.856. The van der Waals surface area contributed by atoms with Crippen molar-refractivity contribution in [3.8, 4) is 22.3 Å². The molecule has 0 atom stereocenters. The molecule has 0 amide bonds. The van der Waals surface area contributed by atoms with E-state index in [1.54, 1.807) is 0 Å². The fourth-order valence-electron chi connectivity index (χ4n) is 5.91. The monoisotopic (exact) mass is 538 g/mol. The van der Waals surface area contributed by atoms with Gasteiger partial charge in [-0.2, -0.15) is 0 Å². The molecule has 0 spiro atoms. The van der Waals surface area contributed by atoms with Crippen molar-refractivity contribution in [2.45, 2.75) is 0 Å². The number of rotatable bonds is 5. The van der Waals surface area contributed by atoms with Crippen molar-refractivity contribution in [2.75, 3.05) is 4.90 Å². The Morgan fingerprint density at radius 3 is 1.76 bits per heavy atom. The summed E-state index contributed by atoms with van der Waals surface area (Å²) in [5, 5.41) is 4.37. The average molecular weight is 539 g/mol. The van der Waals surface area contributed by atoms with Crippen LogP contribution in [0.3, 0.4) is 0 Å².